The predicted octanol–water partition coefficient (Wildman–Crippen LogP) is 4.24. The van der Waals surface area contributed by atoms with Crippen molar-refractivity contribution >= 4 is 57.7 Å². The number of likely N-dealkylation sites (N-methyl/N-ethyl adjacent to an activating group) is 1. The average molecular weight is 572 g/mol. The summed E-state index contributed by atoms with van der Waals surface area (Å²) in [5.41, 5.74) is 7.84. The van der Waals surface area contributed by atoms with Crippen LogP contribution in [-0.4, -0.2) is 46.9 Å². The Balaban J connectivity index is 1.49. The van der Waals surface area contributed by atoms with Crippen molar-refractivity contribution in [1.29, 1.82) is 0 Å². The molecule has 3 rings (SSSR count). The molecule has 2 aromatic carbocycles. The summed E-state index contributed by atoms with van der Waals surface area (Å²) in [6, 6.07) is 13.3. The van der Waals surface area contributed by atoms with Gasteiger partial charge in [-0.15, -0.1) is 0 Å². The Kier molecular flexibility index (Phi) is 7.91. The first-order valence-corrected chi connectivity index (χ1v) is 10.9. The van der Waals surface area contributed by atoms with Gasteiger partial charge in [0.15, 0.2) is 0 Å². The highest BCUT2D eigenvalue weighted by Crippen LogP contribution is 2.25. The summed E-state index contributed by atoms with van der Waals surface area (Å²) in [4.78, 5) is 25.8. The number of carbonyl (C=O) groups is 2. The van der Waals surface area contributed by atoms with Gasteiger partial charge < -0.3 is 15.4 Å². The number of hydrogen-bond acceptors (Lipinski definition) is 5. The highest BCUT2D eigenvalue weighted by atomic mass is 127. The number of ether oxygens (including phenoxy) is 1. The zero-order chi connectivity index (χ0) is 23.3. The van der Waals surface area contributed by atoms with Crippen molar-refractivity contribution in [3.63, 3.8) is 0 Å². The van der Waals surface area contributed by atoms with Crippen LogP contribution >= 0.6 is 34.2 Å². The maximum Gasteiger partial charge on any atom is 0.411 e. The quantitative estimate of drug-likeness (QED) is 0.413. The molecule has 8 nitrogen and oxygen atoms in total. The molecule has 11 heteroatoms. The Morgan fingerprint density at radius 2 is 2.03 bits per heavy atom. The van der Waals surface area contributed by atoms with Crippen LogP contribution in [0.5, 0.6) is 0 Å². The van der Waals surface area contributed by atoms with Crippen LogP contribution in [0.15, 0.2) is 48.5 Å². The summed E-state index contributed by atoms with van der Waals surface area (Å²) in [7, 11) is 1.58. The third-order valence-electron chi connectivity index (χ3n) is 4.50. The van der Waals surface area contributed by atoms with E-state index in [1.54, 1.807) is 13.1 Å². The van der Waals surface area contributed by atoms with Gasteiger partial charge >= 0.3 is 6.09 Å². The maximum absolute atomic E-state index is 13.4. The van der Waals surface area contributed by atoms with Crippen molar-refractivity contribution in [2.45, 2.75) is 6.54 Å². The van der Waals surface area contributed by atoms with Gasteiger partial charge in [-0.1, -0.05) is 29.8 Å². The summed E-state index contributed by atoms with van der Waals surface area (Å²) < 4.78 is 20.9. The van der Waals surface area contributed by atoms with E-state index in [2.05, 4.69) is 33.0 Å². The molecule has 0 aliphatic carbocycles. The highest BCUT2D eigenvalue weighted by molar-refractivity contribution is 14.1. The Morgan fingerprint density at radius 1 is 1.28 bits per heavy atom. The molecule has 0 aliphatic rings. The molecule has 0 atom stereocenters. The van der Waals surface area contributed by atoms with Crippen molar-refractivity contribution in [1.82, 2.24) is 14.7 Å². The minimum absolute atomic E-state index is 0.0486. The number of nitrogens with two attached hydrogens (primary N) is 1. The summed E-state index contributed by atoms with van der Waals surface area (Å²) in [6.45, 7) is 0.0556. The second-order valence-corrected chi connectivity index (χ2v) is 8.37. The summed E-state index contributed by atoms with van der Waals surface area (Å²) in [6.07, 6.45) is -0.772. The Bertz CT molecular complexity index is 1140. The molecular weight excluding hydrogens is 552 g/mol. The highest BCUT2D eigenvalue weighted by Gasteiger charge is 2.15. The van der Waals surface area contributed by atoms with E-state index in [4.69, 9.17) is 22.1 Å². The number of nitrogen functional groups attached to an aromatic ring is 1. The van der Waals surface area contributed by atoms with E-state index in [9.17, 15) is 14.0 Å². The SMILES string of the molecule is CN(CCOC(=O)Nc1ccc(Cl)c(F)c1)C(=O)Cn1nc(-c2ccccc2I)cc1N. The molecule has 3 aromatic rings. The fourth-order valence-electron chi connectivity index (χ4n) is 2.74. The number of halogens is 3. The largest absolute Gasteiger partial charge is 0.447 e. The van der Waals surface area contributed by atoms with Gasteiger partial charge in [0.2, 0.25) is 5.91 Å². The van der Waals surface area contributed by atoms with E-state index < -0.39 is 11.9 Å². The Hall–Kier alpha value is -2.86. The number of rotatable bonds is 7. The number of anilines is 2. The molecule has 3 N–H and O–H groups in total. The molecule has 0 unspecified atom stereocenters. The first-order chi connectivity index (χ1) is 15.2. The zero-order valence-corrected chi connectivity index (χ0v) is 19.9. The van der Waals surface area contributed by atoms with Crippen molar-refractivity contribution in [2.75, 3.05) is 31.2 Å². The summed E-state index contributed by atoms with van der Waals surface area (Å²) >= 11 is 7.82. The number of nitrogens with zero attached hydrogens (tertiary/aromatic N) is 3. The molecule has 0 spiro atoms. The van der Waals surface area contributed by atoms with E-state index in [1.165, 1.54) is 21.7 Å². The molecule has 168 valence electrons. The Morgan fingerprint density at radius 3 is 2.75 bits per heavy atom. The molecule has 0 radical (unpaired) electrons. The molecule has 1 aromatic heterocycles. The summed E-state index contributed by atoms with van der Waals surface area (Å²) in [5, 5.41) is 6.78. The van der Waals surface area contributed by atoms with Crippen LogP contribution in [0.25, 0.3) is 11.3 Å². The minimum atomic E-state index is -0.772. The van der Waals surface area contributed by atoms with E-state index in [1.807, 2.05) is 24.3 Å². The molecule has 32 heavy (non-hydrogen) atoms. The fourth-order valence-corrected chi connectivity index (χ4v) is 3.52. The number of hydrogen-bond donors (Lipinski definition) is 2. The van der Waals surface area contributed by atoms with Crippen molar-refractivity contribution in [3.8, 4) is 11.3 Å². The number of aromatic nitrogens is 2. The van der Waals surface area contributed by atoms with Gasteiger partial charge in [-0.25, -0.2) is 13.9 Å². The van der Waals surface area contributed by atoms with Crippen LogP contribution < -0.4 is 11.1 Å². The first-order valence-electron chi connectivity index (χ1n) is 9.45. The van der Waals surface area contributed by atoms with Crippen LogP contribution in [0.2, 0.25) is 5.02 Å². The molecule has 2 amide bonds. The normalized spacial score (nSPS) is 10.6. The predicted molar refractivity (Wildman–Crippen MR) is 129 cm³/mol. The van der Waals surface area contributed by atoms with Gasteiger partial charge in [0.1, 0.15) is 24.8 Å². The number of amides is 2. The van der Waals surface area contributed by atoms with E-state index in [0.29, 0.717) is 11.5 Å². The van der Waals surface area contributed by atoms with Gasteiger partial charge in [0.25, 0.3) is 0 Å². The minimum Gasteiger partial charge on any atom is -0.447 e. The summed E-state index contributed by atoms with van der Waals surface area (Å²) in [5.74, 6) is -0.539. The average Bonchev–Trinajstić information content (AvgIpc) is 3.11. The van der Waals surface area contributed by atoms with Crippen LogP contribution in [0, 0.1) is 9.39 Å². The van der Waals surface area contributed by atoms with E-state index in [-0.39, 0.29) is 36.3 Å². The third kappa shape index (κ3) is 6.10. The standard InChI is InChI=1S/C21H20ClFIN5O3/c1-28(8-9-32-21(31)26-13-6-7-15(22)16(23)10-13)20(30)12-29-19(25)11-18(27-29)14-4-2-3-5-17(14)24/h2-7,10-11H,8-9,12,25H2,1H3,(H,26,31). The topological polar surface area (TPSA) is 102 Å². The van der Waals surface area contributed by atoms with Gasteiger partial charge in [-0.3, -0.25) is 10.1 Å². The van der Waals surface area contributed by atoms with Crippen molar-refractivity contribution < 1.29 is 18.7 Å². The smallest absolute Gasteiger partial charge is 0.411 e. The lowest BCUT2D eigenvalue weighted by atomic mass is 10.2. The lowest BCUT2D eigenvalue weighted by molar-refractivity contribution is -0.131. The maximum atomic E-state index is 13.4. The van der Waals surface area contributed by atoms with E-state index >= 15 is 0 Å². The number of nitrogens with one attached hydrogen (secondary N) is 1. The molecule has 0 saturated carbocycles. The molecule has 0 aliphatic heterocycles. The molecule has 0 bridgehead atoms. The molecule has 1 heterocycles. The van der Waals surface area contributed by atoms with Crippen LogP contribution in [0.3, 0.4) is 0 Å². The lowest BCUT2D eigenvalue weighted by Gasteiger charge is -2.17. The zero-order valence-electron chi connectivity index (χ0n) is 17.0. The van der Waals surface area contributed by atoms with Crippen LogP contribution in [0.1, 0.15) is 0 Å². The van der Waals surface area contributed by atoms with Crippen molar-refractivity contribution in [3.05, 3.63) is 62.9 Å². The fraction of sp³-hybridized carbons (Fsp3) is 0.190. The third-order valence-corrected chi connectivity index (χ3v) is 5.74. The second-order valence-electron chi connectivity index (χ2n) is 6.80. The number of carbonyl (C=O) groups excluding carboxylic acids is 2. The second kappa shape index (κ2) is 10.6. The van der Waals surface area contributed by atoms with E-state index in [0.717, 1.165) is 15.2 Å². The van der Waals surface area contributed by atoms with Gasteiger partial charge in [0.05, 0.1) is 17.3 Å². The lowest BCUT2D eigenvalue weighted by Crippen LogP contribution is -2.34. The van der Waals surface area contributed by atoms with Gasteiger partial charge in [-0.2, -0.15) is 5.10 Å². The number of benzene rings is 2. The van der Waals surface area contributed by atoms with Gasteiger partial charge in [-0.05, 0) is 46.9 Å². The van der Waals surface area contributed by atoms with Gasteiger partial charge in [0, 0.05) is 27.9 Å². The van der Waals surface area contributed by atoms with Crippen LogP contribution in [-0.2, 0) is 16.1 Å². The molecule has 0 saturated heterocycles. The van der Waals surface area contributed by atoms with Crippen molar-refractivity contribution in [2.24, 2.45) is 0 Å². The molecule has 0 fully saturated rings. The van der Waals surface area contributed by atoms with Crippen LogP contribution in [0.4, 0.5) is 20.7 Å². The first kappa shape index (κ1) is 23.8. The Labute approximate surface area is 202 Å². The molecular formula is C21H20ClFIN5O3. The monoisotopic (exact) mass is 571 g/mol.